The maximum Gasteiger partial charge on any atom is 0.135 e. The molecular weight excluding hydrogens is 147 g/mol. The first-order chi connectivity index (χ1) is 3.81. The highest BCUT2D eigenvalue weighted by Gasteiger charge is 1.96. The van der Waals surface area contributed by atoms with Crippen molar-refractivity contribution in [3.05, 3.63) is 0 Å². The Morgan fingerprint density at radius 2 is 1.50 bits per heavy atom. The lowest BCUT2D eigenvalue weighted by molar-refractivity contribution is -0.118. The fourth-order valence-corrected chi connectivity index (χ4v) is 0.757. The highest BCUT2D eigenvalue weighted by molar-refractivity contribution is 6.20. The molecule has 0 spiro atoms. The van der Waals surface area contributed by atoms with Gasteiger partial charge in [0.05, 0.1) is 0 Å². The summed E-state index contributed by atoms with van der Waals surface area (Å²) in [6, 6.07) is 0. The molecule has 0 aliphatic heterocycles. The number of halogens is 2. The van der Waals surface area contributed by atoms with Crippen LogP contribution in [-0.4, -0.2) is 17.5 Å². The largest absolute Gasteiger partial charge is 0.300 e. The monoisotopic (exact) mass is 154 g/mol. The Hall–Kier alpha value is 0.250. The highest BCUT2D eigenvalue weighted by Crippen LogP contribution is 1.93. The zero-order chi connectivity index (χ0) is 6.41. The topological polar surface area (TPSA) is 17.1 Å². The van der Waals surface area contributed by atoms with Crippen LogP contribution in [0, 0.1) is 0 Å². The van der Waals surface area contributed by atoms with Crippen molar-refractivity contribution < 1.29 is 4.79 Å². The predicted molar refractivity (Wildman–Crippen MR) is 35.7 cm³/mol. The number of alkyl halides is 2. The Balaban J connectivity index is 3.06. The van der Waals surface area contributed by atoms with E-state index < -0.39 is 0 Å². The summed E-state index contributed by atoms with van der Waals surface area (Å²) >= 11 is 10.5. The van der Waals surface area contributed by atoms with Gasteiger partial charge in [-0.05, 0) is 0 Å². The molecule has 0 aromatic carbocycles. The van der Waals surface area contributed by atoms with E-state index in [-0.39, 0.29) is 5.78 Å². The summed E-state index contributed by atoms with van der Waals surface area (Å²) < 4.78 is 0. The van der Waals surface area contributed by atoms with Crippen LogP contribution in [0.2, 0.25) is 0 Å². The molecule has 0 amide bonds. The number of hydrogen-bond donors (Lipinski definition) is 0. The van der Waals surface area contributed by atoms with Crippen LogP contribution in [0.4, 0.5) is 0 Å². The van der Waals surface area contributed by atoms with Gasteiger partial charge in [-0.15, -0.1) is 23.2 Å². The van der Waals surface area contributed by atoms with Crippen LogP contribution in [0.15, 0.2) is 0 Å². The van der Waals surface area contributed by atoms with E-state index in [1.54, 1.807) is 0 Å². The third-order valence-corrected chi connectivity index (χ3v) is 1.12. The summed E-state index contributed by atoms with van der Waals surface area (Å²) in [6.45, 7) is 0. The molecule has 0 saturated heterocycles. The van der Waals surface area contributed by atoms with Crippen LogP contribution in [0.5, 0.6) is 0 Å². The first-order valence-corrected chi connectivity index (χ1v) is 3.51. The molecule has 8 heavy (non-hydrogen) atoms. The van der Waals surface area contributed by atoms with Crippen molar-refractivity contribution in [1.29, 1.82) is 0 Å². The fraction of sp³-hybridized carbons (Fsp3) is 0.800. The second-order valence-electron chi connectivity index (χ2n) is 1.42. The summed E-state index contributed by atoms with van der Waals surface area (Å²) in [6.07, 6.45) is 0.905. The molecular formula is C5H8Cl2O. The number of hydrogen-bond acceptors (Lipinski definition) is 1. The normalized spacial score (nSPS) is 9.25. The van der Waals surface area contributed by atoms with Crippen molar-refractivity contribution in [2.24, 2.45) is 0 Å². The molecule has 0 aromatic rings. The van der Waals surface area contributed by atoms with E-state index in [9.17, 15) is 4.79 Å². The molecule has 0 heterocycles. The first-order valence-electron chi connectivity index (χ1n) is 2.45. The number of carbonyl (C=O) groups is 1. The molecule has 1 nitrogen and oxygen atoms in total. The Morgan fingerprint density at radius 3 is 1.75 bits per heavy atom. The zero-order valence-electron chi connectivity index (χ0n) is 4.49. The first kappa shape index (κ1) is 8.25. The van der Waals surface area contributed by atoms with Crippen LogP contribution in [-0.2, 0) is 4.79 Å². The summed E-state index contributed by atoms with van der Waals surface area (Å²) in [5.41, 5.74) is 0. The van der Waals surface area contributed by atoms with Crippen molar-refractivity contribution in [3.63, 3.8) is 0 Å². The number of carbonyl (C=O) groups excluding carboxylic acids is 1. The standard InChI is InChI=1S/C5H8Cl2O/c6-3-1-5(8)2-4-7/h1-4H2. The minimum absolute atomic E-state index is 0.148. The molecule has 0 aliphatic rings. The lowest BCUT2D eigenvalue weighted by Gasteiger charge is -1.89. The molecule has 0 aromatic heterocycles. The zero-order valence-corrected chi connectivity index (χ0v) is 6.00. The predicted octanol–water partition coefficient (Wildman–Crippen LogP) is 1.81. The molecule has 0 rings (SSSR count). The second-order valence-corrected chi connectivity index (χ2v) is 2.17. The van der Waals surface area contributed by atoms with Crippen molar-refractivity contribution in [1.82, 2.24) is 0 Å². The van der Waals surface area contributed by atoms with Crippen LogP contribution in [0.25, 0.3) is 0 Å². The van der Waals surface area contributed by atoms with Gasteiger partial charge in [0, 0.05) is 24.6 Å². The average Bonchev–Trinajstić information content (AvgIpc) is 1.68. The Bertz CT molecular complexity index is 64.8. The van der Waals surface area contributed by atoms with Gasteiger partial charge in [0.1, 0.15) is 5.78 Å². The van der Waals surface area contributed by atoms with E-state index in [1.807, 2.05) is 0 Å². The van der Waals surface area contributed by atoms with Gasteiger partial charge in [-0.2, -0.15) is 0 Å². The minimum atomic E-state index is 0.148. The van der Waals surface area contributed by atoms with Gasteiger partial charge >= 0.3 is 0 Å². The lowest BCUT2D eigenvalue weighted by Crippen LogP contribution is -1.98. The van der Waals surface area contributed by atoms with Crippen LogP contribution >= 0.6 is 23.2 Å². The maximum absolute atomic E-state index is 10.5. The van der Waals surface area contributed by atoms with Gasteiger partial charge < -0.3 is 0 Å². The molecule has 48 valence electrons. The quantitative estimate of drug-likeness (QED) is 0.565. The van der Waals surface area contributed by atoms with Gasteiger partial charge in [0.25, 0.3) is 0 Å². The molecule has 0 atom stereocenters. The van der Waals surface area contributed by atoms with Gasteiger partial charge in [0.2, 0.25) is 0 Å². The summed E-state index contributed by atoms with van der Waals surface area (Å²) in [7, 11) is 0. The van der Waals surface area contributed by atoms with Gasteiger partial charge in [-0.3, -0.25) is 4.79 Å². The van der Waals surface area contributed by atoms with E-state index in [4.69, 9.17) is 23.2 Å². The molecule has 3 heteroatoms. The highest BCUT2D eigenvalue weighted by atomic mass is 35.5. The lowest BCUT2D eigenvalue weighted by atomic mass is 10.2. The number of Topliss-reactive ketones (excluding diaryl/α,β-unsaturated/α-hetero) is 1. The van der Waals surface area contributed by atoms with Gasteiger partial charge in [0.15, 0.2) is 0 Å². The second kappa shape index (κ2) is 5.39. The number of ketones is 1. The van der Waals surface area contributed by atoms with Crippen LogP contribution < -0.4 is 0 Å². The summed E-state index contributed by atoms with van der Waals surface area (Å²) in [5.74, 6) is 0.973. The molecule has 0 fully saturated rings. The average molecular weight is 155 g/mol. The molecule has 0 aliphatic carbocycles. The molecule has 0 radical (unpaired) electrons. The van der Waals surface area contributed by atoms with Crippen LogP contribution in [0.3, 0.4) is 0 Å². The maximum atomic E-state index is 10.5. The Labute approximate surface area is 59.0 Å². The van der Waals surface area contributed by atoms with Gasteiger partial charge in [-0.1, -0.05) is 0 Å². The van der Waals surface area contributed by atoms with E-state index in [0.29, 0.717) is 24.6 Å². The third-order valence-electron chi connectivity index (χ3n) is 0.747. The van der Waals surface area contributed by atoms with Gasteiger partial charge in [-0.25, -0.2) is 0 Å². The van der Waals surface area contributed by atoms with E-state index >= 15 is 0 Å². The smallest absolute Gasteiger partial charge is 0.135 e. The van der Waals surface area contributed by atoms with E-state index in [2.05, 4.69) is 0 Å². The molecule has 0 bridgehead atoms. The third kappa shape index (κ3) is 4.41. The fourth-order valence-electron chi connectivity index (χ4n) is 0.336. The SMILES string of the molecule is O=C(CCCl)CCCl. The Kier molecular flexibility index (Phi) is 5.56. The molecule has 0 saturated carbocycles. The van der Waals surface area contributed by atoms with Crippen molar-refractivity contribution in [2.75, 3.05) is 11.8 Å². The summed E-state index contributed by atoms with van der Waals surface area (Å²) in [5, 5.41) is 0. The molecule has 0 N–H and O–H groups in total. The van der Waals surface area contributed by atoms with Crippen molar-refractivity contribution in [2.45, 2.75) is 12.8 Å². The number of rotatable bonds is 4. The van der Waals surface area contributed by atoms with E-state index in [0.717, 1.165) is 0 Å². The van der Waals surface area contributed by atoms with Crippen molar-refractivity contribution in [3.8, 4) is 0 Å². The summed E-state index contributed by atoms with van der Waals surface area (Å²) in [4.78, 5) is 10.5. The van der Waals surface area contributed by atoms with Crippen LogP contribution in [0.1, 0.15) is 12.8 Å². The molecule has 0 unspecified atom stereocenters. The van der Waals surface area contributed by atoms with Crippen molar-refractivity contribution >= 4 is 29.0 Å². The minimum Gasteiger partial charge on any atom is -0.300 e. The Morgan fingerprint density at radius 1 is 1.12 bits per heavy atom. The van der Waals surface area contributed by atoms with E-state index in [1.165, 1.54) is 0 Å².